The monoisotopic (exact) mass is 387 g/mol. The predicted octanol–water partition coefficient (Wildman–Crippen LogP) is 4.76. The second-order valence-corrected chi connectivity index (χ2v) is 7.66. The Morgan fingerprint density at radius 2 is 1.76 bits per heavy atom. The van der Waals surface area contributed by atoms with Crippen LogP contribution in [-0.2, 0) is 17.6 Å². The van der Waals surface area contributed by atoms with Gasteiger partial charge in [0, 0.05) is 5.56 Å². The Morgan fingerprint density at radius 3 is 2.48 bits per heavy atom. The Morgan fingerprint density at radius 1 is 1.03 bits per heavy atom. The standard InChI is InChI=1S/C24H25N3O2/c28-20-12-10-18(11-13-20)15-23(29)27-24-21(14-17-6-4-5-7-17)26-22(16-25-24)19-8-2-1-3-9-19/h1-3,8-13,16-17,28H,4-7,14-15H2,(H,25,27,29). The van der Waals surface area contributed by atoms with Crippen molar-refractivity contribution in [2.24, 2.45) is 5.92 Å². The molecule has 1 fully saturated rings. The molecule has 0 atom stereocenters. The molecule has 1 aliphatic rings. The lowest BCUT2D eigenvalue weighted by Crippen LogP contribution is -2.18. The van der Waals surface area contributed by atoms with E-state index in [4.69, 9.17) is 4.98 Å². The molecule has 5 nitrogen and oxygen atoms in total. The van der Waals surface area contributed by atoms with Crippen molar-refractivity contribution in [1.82, 2.24) is 9.97 Å². The highest BCUT2D eigenvalue weighted by Gasteiger charge is 2.20. The van der Waals surface area contributed by atoms with Gasteiger partial charge in [0.2, 0.25) is 5.91 Å². The minimum absolute atomic E-state index is 0.134. The van der Waals surface area contributed by atoms with E-state index in [9.17, 15) is 9.90 Å². The third-order valence-corrected chi connectivity index (χ3v) is 5.43. The first kappa shape index (κ1) is 19.1. The second-order valence-electron chi connectivity index (χ2n) is 7.66. The van der Waals surface area contributed by atoms with Crippen LogP contribution in [0.2, 0.25) is 0 Å². The van der Waals surface area contributed by atoms with E-state index in [0.29, 0.717) is 11.7 Å². The summed E-state index contributed by atoms with van der Waals surface area (Å²) in [4.78, 5) is 22.0. The summed E-state index contributed by atoms with van der Waals surface area (Å²) in [7, 11) is 0. The fourth-order valence-corrected chi connectivity index (χ4v) is 3.89. The number of aromatic hydroxyl groups is 1. The van der Waals surface area contributed by atoms with E-state index in [2.05, 4.69) is 10.3 Å². The molecular formula is C24H25N3O2. The van der Waals surface area contributed by atoms with Crippen LogP contribution in [0.25, 0.3) is 11.3 Å². The zero-order chi connectivity index (χ0) is 20.1. The first-order chi connectivity index (χ1) is 14.2. The van der Waals surface area contributed by atoms with Gasteiger partial charge in [-0.3, -0.25) is 4.79 Å². The van der Waals surface area contributed by atoms with Crippen molar-refractivity contribution in [2.75, 3.05) is 5.32 Å². The largest absolute Gasteiger partial charge is 0.508 e. The number of rotatable bonds is 6. The molecule has 0 unspecified atom stereocenters. The summed E-state index contributed by atoms with van der Waals surface area (Å²) < 4.78 is 0. The lowest BCUT2D eigenvalue weighted by Gasteiger charge is -2.14. The minimum atomic E-state index is -0.134. The Balaban J connectivity index is 1.55. The third-order valence-electron chi connectivity index (χ3n) is 5.43. The Bertz CT molecular complexity index is 965. The van der Waals surface area contributed by atoms with Crippen molar-refractivity contribution in [1.29, 1.82) is 0 Å². The van der Waals surface area contributed by atoms with Crippen LogP contribution < -0.4 is 5.32 Å². The van der Waals surface area contributed by atoms with Crippen LogP contribution in [0.3, 0.4) is 0 Å². The van der Waals surface area contributed by atoms with E-state index in [1.165, 1.54) is 25.7 Å². The highest BCUT2D eigenvalue weighted by molar-refractivity contribution is 5.92. The van der Waals surface area contributed by atoms with Crippen molar-refractivity contribution in [2.45, 2.75) is 38.5 Å². The number of anilines is 1. The van der Waals surface area contributed by atoms with E-state index in [1.807, 2.05) is 30.3 Å². The molecule has 0 radical (unpaired) electrons. The molecule has 0 saturated heterocycles. The predicted molar refractivity (Wildman–Crippen MR) is 114 cm³/mol. The highest BCUT2D eigenvalue weighted by atomic mass is 16.3. The summed E-state index contributed by atoms with van der Waals surface area (Å²) in [6.07, 6.45) is 7.73. The number of hydrogen-bond donors (Lipinski definition) is 2. The van der Waals surface area contributed by atoms with Crippen molar-refractivity contribution >= 4 is 11.7 Å². The third kappa shape index (κ3) is 4.99. The maximum absolute atomic E-state index is 12.6. The van der Waals surface area contributed by atoms with Crippen LogP contribution in [0, 0.1) is 5.92 Å². The SMILES string of the molecule is O=C(Cc1ccc(O)cc1)Nc1ncc(-c2ccccc2)nc1CC1CCCC1. The summed E-state index contributed by atoms with van der Waals surface area (Å²) in [5.41, 5.74) is 3.55. The molecule has 1 aliphatic carbocycles. The molecule has 0 aliphatic heterocycles. The molecule has 2 aromatic carbocycles. The first-order valence-electron chi connectivity index (χ1n) is 10.2. The topological polar surface area (TPSA) is 75.1 Å². The van der Waals surface area contributed by atoms with E-state index in [-0.39, 0.29) is 18.1 Å². The zero-order valence-electron chi connectivity index (χ0n) is 16.3. The fourth-order valence-electron chi connectivity index (χ4n) is 3.89. The summed E-state index contributed by atoms with van der Waals surface area (Å²) in [6.45, 7) is 0. The van der Waals surface area contributed by atoms with E-state index in [0.717, 1.165) is 28.9 Å². The van der Waals surface area contributed by atoms with Gasteiger partial charge in [-0.2, -0.15) is 0 Å². The Hall–Kier alpha value is -3.21. The van der Waals surface area contributed by atoms with Crippen molar-refractivity contribution in [3.05, 3.63) is 72.1 Å². The average Bonchev–Trinajstić information content (AvgIpc) is 3.25. The van der Waals surface area contributed by atoms with Gasteiger partial charge in [-0.15, -0.1) is 0 Å². The zero-order valence-corrected chi connectivity index (χ0v) is 16.3. The Labute approximate surface area is 170 Å². The summed E-state index contributed by atoms with van der Waals surface area (Å²) in [5.74, 6) is 1.21. The van der Waals surface area contributed by atoms with Crippen LogP contribution in [0.1, 0.15) is 36.9 Å². The van der Waals surface area contributed by atoms with Gasteiger partial charge in [-0.1, -0.05) is 68.1 Å². The molecule has 5 heteroatoms. The maximum Gasteiger partial charge on any atom is 0.229 e. The quantitative estimate of drug-likeness (QED) is 0.639. The molecule has 0 bridgehead atoms. The summed E-state index contributed by atoms with van der Waals surface area (Å²) >= 11 is 0. The van der Waals surface area contributed by atoms with Crippen LogP contribution in [0.15, 0.2) is 60.8 Å². The number of hydrogen-bond acceptors (Lipinski definition) is 4. The Kier molecular flexibility index (Phi) is 5.84. The van der Waals surface area contributed by atoms with Crippen LogP contribution in [0.5, 0.6) is 5.75 Å². The summed E-state index contributed by atoms with van der Waals surface area (Å²) in [6, 6.07) is 16.7. The van der Waals surface area contributed by atoms with Gasteiger partial charge < -0.3 is 10.4 Å². The first-order valence-corrected chi connectivity index (χ1v) is 10.2. The number of nitrogens with one attached hydrogen (secondary N) is 1. The molecule has 0 spiro atoms. The molecule has 3 aromatic rings. The lowest BCUT2D eigenvalue weighted by atomic mass is 10.0. The maximum atomic E-state index is 12.6. The molecule has 2 N–H and O–H groups in total. The molecule has 29 heavy (non-hydrogen) atoms. The fraction of sp³-hybridized carbons (Fsp3) is 0.292. The number of carbonyl (C=O) groups excluding carboxylic acids is 1. The van der Waals surface area contributed by atoms with Gasteiger partial charge in [0.1, 0.15) is 5.75 Å². The number of benzene rings is 2. The van der Waals surface area contributed by atoms with Crippen molar-refractivity contribution in [3.63, 3.8) is 0 Å². The molecule has 1 aromatic heterocycles. The number of phenolic OH excluding ortho intramolecular Hbond substituents is 1. The minimum Gasteiger partial charge on any atom is -0.508 e. The number of carbonyl (C=O) groups is 1. The lowest BCUT2D eigenvalue weighted by molar-refractivity contribution is -0.115. The van der Waals surface area contributed by atoms with Crippen molar-refractivity contribution in [3.8, 4) is 17.0 Å². The van der Waals surface area contributed by atoms with Crippen LogP contribution in [0.4, 0.5) is 5.82 Å². The van der Waals surface area contributed by atoms with Crippen molar-refractivity contribution < 1.29 is 9.90 Å². The van der Waals surface area contributed by atoms with Crippen LogP contribution >= 0.6 is 0 Å². The van der Waals surface area contributed by atoms with E-state index in [1.54, 1.807) is 30.5 Å². The molecule has 148 valence electrons. The molecule has 1 heterocycles. The highest BCUT2D eigenvalue weighted by Crippen LogP contribution is 2.30. The molecule has 1 amide bonds. The van der Waals surface area contributed by atoms with Gasteiger partial charge in [0.05, 0.1) is 24.0 Å². The van der Waals surface area contributed by atoms with Gasteiger partial charge in [-0.05, 0) is 30.0 Å². The smallest absolute Gasteiger partial charge is 0.229 e. The van der Waals surface area contributed by atoms with Gasteiger partial charge in [0.15, 0.2) is 5.82 Å². The normalized spacial score (nSPS) is 14.1. The number of nitrogens with zero attached hydrogens (tertiary/aromatic N) is 2. The second kappa shape index (κ2) is 8.86. The van der Waals surface area contributed by atoms with Gasteiger partial charge in [-0.25, -0.2) is 9.97 Å². The summed E-state index contributed by atoms with van der Waals surface area (Å²) in [5, 5.41) is 12.4. The number of aromatic nitrogens is 2. The van der Waals surface area contributed by atoms with E-state index < -0.39 is 0 Å². The molecule has 1 saturated carbocycles. The number of amides is 1. The van der Waals surface area contributed by atoms with Gasteiger partial charge >= 0.3 is 0 Å². The average molecular weight is 387 g/mol. The van der Waals surface area contributed by atoms with Gasteiger partial charge in [0.25, 0.3) is 0 Å². The molecular weight excluding hydrogens is 362 g/mol. The van der Waals surface area contributed by atoms with Crippen LogP contribution in [-0.4, -0.2) is 21.0 Å². The number of phenols is 1. The van der Waals surface area contributed by atoms with E-state index >= 15 is 0 Å². The molecule has 4 rings (SSSR count).